The van der Waals surface area contributed by atoms with E-state index >= 15 is 0 Å². The SMILES string of the molecule is CN1CCOC2=N[C@@H]3OC(O)CC(CC4CCC1C4)C3C(O)N2. The van der Waals surface area contributed by atoms with Crippen molar-refractivity contribution in [2.75, 3.05) is 20.2 Å². The van der Waals surface area contributed by atoms with Crippen LogP contribution in [-0.4, -0.2) is 66.1 Å². The third-order valence-corrected chi connectivity index (χ3v) is 6.01. The maximum Gasteiger partial charge on any atom is 0.289 e. The van der Waals surface area contributed by atoms with E-state index in [1.807, 2.05) is 0 Å². The number of amidine groups is 1. The van der Waals surface area contributed by atoms with E-state index in [0.717, 1.165) is 13.0 Å². The van der Waals surface area contributed by atoms with Gasteiger partial charge in [-0.3, -0.25) is 0 Å². The standard InChI is InChI=1S/C16H27N3O4/c1-19-4-5-22-16-17-14(21)13-10(6-9-2-3-11(19)7-9)8-12(20)23-15(13)18-16/h9-15,20-21H,2-8H2,1H3,(H,17,18)/t9?,10?,11?,12?,13?,14?,15-/m1/s1. The van der Waals surface area contributed by atoms with Gasteiger partial charge in [0.25, 0.3) is 6.02 Å². The molecule has 1 saturated carbocycles. The van der Waals surface area contributed by atoms with Crippen LogP contribution in [0.1, 0.15) is 32.1 Å². The second-order valence-electron chi connectivity index (χ2n) is 7.48. The van der Waals surface area contributed by atoms with Crippen LogP contribution in [0.25, 0.3) is 0 Å². The van der Waals surface area contributed by atoms with Gasteiger partial charge in [0.2, 0.25) is 0 Å². The van der Waals surface area contributed by atoms with E-state index in [0.29, 0.717) is 31.0 Å². The number of nitrogens with one attached hydrogen (secondary N) is 1. The number of ether oxygens (including phenoxy) is 2. The summed E-state index contributed by atoms with van der Waals surface area (Å²) in [7, 11) is 2.16. The first-order chi connectivity index (χ1) is 11.1. The van der Waals surface area contributed by atoms with Crippen molar-refractivity contribution in [3.05, 3.63) is 0 Å². The number of aliphatic hydroxyl groups is 2. The molecule has 0 aromatic heterocycles. The highest BCUT2D eigenvalue weighted by Crippen LogP contribution is 2.42. The molecule has 0 radical (unpaired) electrons. The van der Waals surface area contributed by atoms with Gasteiger partial charge >= 0.3 is 0 Å². The van der Waals surface area contributed by atoms with Crippen molar-refractivity contribution in [3.8, 4) is 0 Å². The Balaban J connectivity index is 1.61. The van der Waals surface area contributed by atoms with E-state index in [1.165, 1.54) is 19.3 Å². The Morgan fingerprint density at radius 2 is 2.09 bits per heavy atom. The molecule has 7 heteroatoms. The van der Waals surface area contributed by atoms with Gasteiger partial charge in [-0.15, -0.1) is 0 Å². The van der Waals surface area contributed by atoms with Crippen LogP contribution >= 0.6 is 0 Å². The zero-order valence-electron chi connectivity index (χ0n) is 13.6. The van der Waals surface area contributed by atoms with Crippen molar-refractivity contribution in [2.45, 2.75) is 56.9 Å². The number of aliphatic imine (C=N–C) groups is 1. The average Bonchev–Trinajstić information content (AvgIpc) is 2.94. The lowest BCUT2D eigenvalue weighted by Crippen LogP contribution is -2.57. The number of hydrogen-bond donors (Lipinski definition) is 3. The molecule has 0 amide bonds. The summed E-state index contributed by atoms with van der Waals surface area (Å²) in [6.07, 6.45) is 3.17. The summed E-state index contributed by atoms with van der Waals surface area (Å²) >= 11 is 0. The highest BCUT2D eigenvalue weighted by Gasteiger charge is 2.46. The van der Waals surface area contributed by atoms with E-state index in [2.05, 4.69) is 22.3 Å². The average molecular weight is 325 g/mol. The number of likely N-dealkylation sites (N-methyl/N-ethyl adjacent to an activating group) is 1. The molecule has 7 nitrogen and oxygen atoms in total. The van der Waals surface area contributed by atoms with Gasteiger partial charge in [-0.05, 0) is 44.6 Å². The second kappa shape index (κ2) is 6.20. The molecule has 0 aromatic rings. The highest BCUT2D eigenvalue weighted by molar-refractivity contribution is 5.74. The third-order valence-electron chi connectivity index (χ3n) is 6.01. The molecule has 2 saturated heterocycles. The molecule has 3 fully saturated rings. The van der Waals surface area contributed by atoms with Crippen LogP contribution in [0.15, 0.2) is 4.99 Å². The zero-order valence-corrected chi connectivity index (χ0v) is 13.6. The van der Waals surface area contributed by atoms with Gasteiger partial charge in [0.15, 0.2) is 12.5 Å². The summed E-state index contributed by atoms with van der Waals surface area (Å²) in [5, 5.41) is 23.5. The fourth-order valence-corrected chi connectivity index (χ4v) is 4.75. The topological polar surface area (TPSA) is 86.6 Å². The van der Waals surface area contributed by atoms with Gasteiger partial charge in [0.1, 0.15) is 12.8 Å². The van der Waals surface area contributed by atoms with Gasteiger partial charge in [-0.25, -0.2) is 4.99 Å². The molecular formula is C16H27N3O4. The first kappa shape index (κ1) is 15.6. The second-order valence-corrected chi connectivity index (χ2v) is 7.48. The van der Waals surface area contributed by atoms with Gasteiger partial charge in [0, 0.05) is 19.0 Å². The van der Waals surface area contributed by atoms with Crippen LogP contribution in [0.4, 0.5) is 0 Å². The van der Waals surface area contributed by atoms with E-state index in [-0.39, 0.29) is 11.8 Å². The summed E-state index contributed by atoms with van der Waals surface area (Å²) in [5.74, 6) is 0.743. The summed E-state index contributed by atoms with van der Waals surface area (Å²) in [6, 6.07) is 0.937. The molecule has 6 unspecified atom stereocenters. The fraction of sp³-hybridized carbons (Fsp3) is 0.938. The highest BCUT2D eigenvalue weighted by atomic mass is 16.6. The van der Waals surface area contributed by atoms with E-state index < -0.39 is 18.7 Å². The minimum Gasteiger partial charge on any atom is -0.464 e. The lowest BCUT2D eigenvalue weighted by molar-refractivity contribution is -0.220. The molecule has 4 aliphatic heterocycles. The van der Waals surface area contributed by atoms with Gasteiger partial charge < -0.3 is 29.9 Å². The lowest BCUT2D eigenvalue weighted by Gasteiger charge is -2.44. The van der Waals surface area contributed by atoms with Crippen LogP contribution in [0.3, 0.4) is 0 Å². The number of fused-ring (bicyclic) bond motifs is 4. The predicted octanol–water partition coefficient (Wildman–Crippen LogP) is 0.0820. The predicted molar refractivity (Wildman–Crippen MR) is 83.4 cm³/mol. The lowest BCUT2D eigenvalue weighted by atomic mass is 9.77. The smallest absolute Gasteiger partial charge is 0.289 e. The van der Waals surface area contributed by atoms with Crippen LogP contribution in [-0.2, 0) is 9.47 Å². The zero-order chi connectivity index (χ0) is 16.0. The Bertz CT molecular complexity index is 474. The van der Waals surface area contributed by atoms with Gasteiger partial charge in [0.05, 0.1) is 5.92 Å². The van der Waals surface area contributed by atoms with Crippen molar-refractivity contribution < 1.29 is 19.7 Å². The molecule has 0 aromatic carbocycles. The van der Waals surface area contributed by atoms with Crippen molar-refractivity contribution in [1.82, 2.24) is 10.2 Å². The Hall–Kier alpha value is -0.890. The van der Waals surface area contributed by atoms with Gasteiger partial charge in [-0.1, -0.05) is 0 Å². The maximum atomic E-state index is 10.5. The fourth-order valence-electron chi connectivity index (χ4n) is 4.75. The molecule has 6 bridgehead atoms. The maximum absolute atomic E-state index is 10.5. The Morgan fingerprint density at radius 3 is 2.96 bits per heavy atom. The summed E-state index contributed by atoms with van der Waals surface area (Å²) in [4.78, 5) is 6.81. The minimum absolute atomic E-state index is 0.122. The third kappa shape index (κ3) is 3.07. The summed E-state index contributed by atoms with van der Waals surface area (Å²) in [5.41, 5.74) is 0. The normalized spacial score (nSPS) is 47.6. The Kier molecular flexibility index (Phi) is 4.21. The van der Waals surface area contributed by atoms with Crippen LogP contribution in [0, 0.1) is 17.8 Å². The largest absolute Gasteiger partial charge is 0.464 e. The minimum atomic E-state index is -0.804. The first-order valence-electron chi connectivity index (χ1n) is 8.79. The molecule has 1 aliphatic carbocycles. The number of aliphatic hydroxyl groups excluding tert-OH is 2. The molecular weight excluding hydrogens is 298 g/mol. The molecule has 5 aliphatic rings. The number of nitrogens with zero attached hydrogens (tertiary/aromatic N) is 2. The van der Waals surface area contributed by atoms with Crippen LogP contribution in [0.2, 0.25) is 0 Å². The van der Waals surface area contributed by atoms with Crippen molar-refractivity contribution in [2.24, 2.45) is 22.7 Å². The molecule has 23 heavy (non-hydrogen) atoms. The number of rotatable bonds is 0. The molecule has 0 spiro atoms. The molecule has 7 atom stereocenters. The van der Waals surface area contributed by atoms with E-state index in [1.54, 1.807) is 0 Å². The molecule has 3 N–H and O–H groups in total. The van der Waals surface area contributed by atoms with Crippen molar-refractivity contribution in [1.29, 1.82) is 0 Å². The van der Waals surface area contributed by atoms with E-state index in [4.69, 9.17) is 9.47 Å². The Morgan fingerprint density at radius 1 is 1.22 bits per heavy atom. The van der Waals surface area contributed by atoms with Crippen LogP contribution < -0.4 is 5.32 Å². The van der Waals surface area contributed by atoms with E-state index in [9.17, 15) is 10.2 Å². The Labute approximate surface area is 136 Å². The van der Waals surface area contributed by atoms with Crippen molar-refractivity contribution in [3.63, 3.8) is 0 Å². The van der Waals surface area contributed by atoms with Gasteiger partial charge in [-0.2, -0.15) is 0 Å². The monoisotopic (exact) mass is 325 g/mol. The van der Waals surface area contributed by atoms with Crippen LogP contribution in [0.5, 0.6) is 0 Å². The number of hydrogen-bond acceptors (Lipinski definition) is 7. The quantitative estimate of drug-likeness (QED) is 0.585. The first-order valence-corrected chi connectivity index (χ1v) is 8.79. The summed E-state index contributed by atoms with van der Waals surface area (Å²) in [6.45, 7) is 1.37. The van der Waals surface area contributed by atoms with Crippen molar-refractivity contribution >= 4 is 6.02 Å². The molecule has 5 rings (SSSR count). The molecule has 130 valence electrons. The summed E-state index contributed by atoms with van der Waals surface area (Å²) < 4.78 is 11.3. The molecule has 4 heterocycles.